The van der Waals surface area contributed by atoms with Gasteiger partial charge in [0.15, 0.2) is 0 Å². The van der Waals surface area contributed by atoms with Crippen LogP contribution in [0.25, 0.3) is 0 Å². The second-order valence-electron chi connectivity index (χ2n) is 4.76. The number of aromatic nitrogens is 1. The van der Waals surface area contributed by atoms with E-state index in [9.17, 15) is 0 Å². The lowest BCUT2D eigenvalue weighted by atomic mass is 10.1. The summed E-state index contributed by atoms with van der Waals surface area (Å²) in [7, 11) is 0. The molecule has 0 spiro atoms. The van der Waals surface area contributed by atoms with Gasteiger partial charge in [0.2, 0.25) is 0 Å². The molecule has 1 saturated carbocycles. The van der Waals surface area contributed by atoms with Crippen LogP contribution in [-0.2, 0) is 4.74 Å². The molecule has 1 aromatic rings. The zero-order valence-electron chi connectivity index (χ0n) is 9.73. The van der Waals surface area contributed by atoms with Crippen molar-refractivity contribution in [3.8, 4) is 0 Å². The number of nitrogens with one attached hydrogen (secondary N) is 2. The average Bonchev–Trinajstić information content (AvgIpc) is 3.11. The maximum Gasteiger partial charge on any atom is 0.142 e. The lowest BCUT2D eigenvalue weighted by molar-refractivity contribution is 0.0898. The highest BCUT2D eigenvalue weighted by molar-refractivity contribution is 5.45. The zero-order chi connectivity index (χ0) is 11.7. The minimum absolute atomic E-state index is 0.367. The Bertz CT molecular complexity index is 394. The first-order chi connectivity index (χ1) is 8.36. The van der Waals surface area contributed by atoms with E-state index in [-0.39, 0.29) is 0 Å². The van der Waals surface area contributed by atoms with E-state index in [0.717, 1.165) is 24.8 Å². The molecule has 2 fully saturated rings. The molecule has 0 amide bonds. The summed E-state index contributed by atoms with van der Waals surface area (Å²) in [6.45, 7) is 0.855. The molecule has 0 aromatic carbocycles. The third kappa shape index (κ3) is 2.35. The van der Waals surface area contributed by atoms with Crippen molar-refractivity contribution in [3.63, 3.8) is 0 Å². The molecular formula is C12H18N4O. The molecule has 1 aliphatic heterocycles. The number of anilines is 2. The molecule has 2 heterocycles. The number of nitrogens with two attached hydrogens (primary N) is 1. The summed E-state index contributed by atoms with van der Waals surface area (Å²) < 4.78 is 5.79. The third-order valence-corrected chi connectivity index (χ3v) is 3.45. The number of hydrogen-bond donors (Lipinski definition) is 3. The second-order valence-corrected chi connectivity index (χ2v) is 4.76. The Kier molecular flexibility index (Phi) is 2.86. The summed E-state index contributed by atoms with van der Waals surface area (Å²) in [4.78, 5) is 4.37. The average molecular weight is 234 g/mol. The van der Waals surface area contributed by atoms with Crippen LogP contribution in [0.2, 0.25) is 0 Å². The highest BCUT2D eigenvalue weighted by Crippen LogP contribution is 2.39. The van der Waals surface area contributed by atoms with Gasteiger partial charge in [-0.05, 0) is 37.3 Å². The van der Waals surface area contributed by atoms with E-state index in [4.69, 9.17) is 10.6 Å². The molecule has 17 heavy (non-hydrogen) atoms. The minimum atomic E-state index is 0.367. The van der Waals surface area contributed by atoms with Crippen LogP contribution in [0.3, 0.4) is 0 Å². The number of hydrazine groups is 1. The molecule has 1 saturated heterocycles. The first-order valence-electron chi connectivity index (χ1n) is 6.18. The predicted molar refractivity (Wildman–Crippen MR) is 66.5 cm³/mol. The van der Waals surface area contributed by atoms with Gasteiger partial charge < -0.3 is 15.5 Å². The standard InChI is InChI=1S/C12H18N4O/c13-16-11-3-1-2-10(15-11)14-9-6-7-17-12(9)8-4-5-8/h1-3,8-9,12H,4-7,13H2,(H2,14,15,16). The van der Waals surface area contributed by atoms with E-state index in [1.54, 1.807) is 0 Å². The quantitative estimate of drug-likeness (QED) is 0.542. The van der Waals surface area contributed by atoms with Crippen LogP contribution in [0.4, 0.5) is 11.6 Å². The lowest BCUT2D eigenvalue weighted by Crippen LogP contribution is -2.31. The fraction of sp³-hybridized carbons (Fsp3) is 0.583. The molecule has 3 rings (SSSR count). The van der Waals surface area contributed by atoms with Gasteiger partial charge in [0.05, 0.1) is 12.1 Å². The molecule has 2 atom stereocenters. The first kappa shape index (κ1) is 10.8. The first-order valence-corrected chi connectivity index (χ1v) is 6.18. The summed E-state index contributed by atoms with van der Waals surface area (Å²) in [5.41, 5.74) is 2.56. The van der Waals surface area contributed by atoms with Crippen LogP contribution < -0.4 is 16.6 Å². The molecule has 0 bridgehead atoms. The second kappa shape index (κ2) is 4.50. The summed E-state index contributed by atoms with van der Waals surface area (Å²) in [6.07, 6.45) is 4.04. The molecule has 1 aliphatic carbocycles. The summed E-state index contributed by atoms with van der Waals surface area (Å²) >= 11 is 0. The van der Waals surface area contributed by atoms with E-state index in [1.807, 2.05) is 18.2 Å². The van der Waals surface area contributed by atoms with E-state index in [2.05, 4.69) is 15.7 Å². The highest BCUT2D eigenvalue weighted by atomic mass is 16.5. The number of hydrogen-bond acceptors (Lipinski definition) is 5. The molecule has 0 radical (unpaired) electrons. The number of ether oxygens (including phenoxy) is 1. The molecule has 2 unspecified atom stereocenters. The minimum Gasteiger partial charge on any atom is -0.376 e. The fourth-order valence-corrected chi connectivity index (χ4v) is 2.44. The van der Waals surface area contributed by atoms with Crippen LogP contribution in [0, 0.1) is 5.92 Å². The molecule has 5 heteroatoms. The number of nitrogens with zero attached hydrogens (tertiary/aromatic N) is 1. The SMILES string of the molecule is NNc1cccc(NC2CCOC2C2CC2)n1. The Labute approximate surface area is 101 Å². The lowest BCUT2D eigenvalue weighted by Gasteiger charge is -2.20. The van der Waals surface area contributed by atoms with Crippen molar-refractivity contribution >= 4 is 11.6 Å². The van der Waals surface area contributed by atoms with E-state index < -0.39 is 0 Å². The molecule has 4 N–H and O–H groups in total. The molecule has 92 valence electrons. The zero-order valence-corrected chi connectivity index (χ0v) is 9.73. The summed E-state index contributed by atoms with van der Waals surface area (Å²) in [5, 5.41) is 3.46. The van der Waals surface area contributed by atoms with Gasteiger partial charge >= 0.3 is 0 Å². The normalized spacial score (nSPS) is 28.1. The van der Waals surface area contributed by atoms with Gasteiger partial charge in [-0.15, -0.1) is 0 Å². The molecule has 2 aliphatic rings. The van der Waals surface area contributed by atoms with Crippen molar-refractivity contribution in [2.45, 2.75) is 31.4 Å². The van der Waals surface area contributed by atoms with Gasteiger partial charge in [-0.25, -0.2) is 10.8 Å². The van der Waals surface area contributed by atoms with Crippen LogP contribution in [0.1, 0.15) is 19.3 Å². The number of pyridine rings is 1. The third-order valence-electron chi connectivity index (χ3n) is 3.45. The van der Waals surface area contributed by atoms with Gasteiger partial charge in [0.25, 0.3) is 0 Å². The smallest absolute Gasteiger partial charge is 0.142 e. The Morgan fingerprint density at radius 1 is 1.24 bits per heavy atom. The molecular weight excluding hydrogens is 216 g/mol. The summed E-state index contributed by atoms with van der Waals surface area (Å²) in [6, 6.07) is 6.13. The van der Waals surface area contributed by atoms with Crippen molar-refractivity contribution in [1.82, 2.24) is 4.98 Å². The van der Waals surface area contributed by atoms with Gasteiger partial charge in [-0.2, -0.15) is 0 Å². The fourth-order valence-electron chi connectivity index (χ4n) is 2.44. The van der Waals surface area contributed by atoms with Crippen molar-refractivity contribution in [2.24, 2.45) is 11.8 Å². The number of rotatable bonds is 4. The Morgan fingerprint density at radius 2 is 2.06 bits per heavy atom. The Morgan fingerprint density at radius 3 is 2.82 bits per heavy atom. The van der Waals surface area contributed by atoms with Crippen LogP contribution in [0.15, 0.2) is 18.2 Å². The van der Waals surface area contributed by atoms with E-state index >= 15 is 0 Å². The van der Waals surface area contributed by atoms with E-state index in [1.165, 1.54) is 12.8 Å². The van der Waals surface area contributed by atoms with Gasteiger partial charge in [-0.1, -0.05) is 6.07 Å². The maximum atomic E-state index is 5.79. The topological polar surface area (TPSA) is 72.2 Å². The van der Waals surface area contributed by atoms with Crippen LogP contribution in [-0.4, -0.2) is 23.7 Å². The van der Waals surface area contributed by atoms with Crippen molar-refractivity contribution < 1.29 is 4.74 Å². The van der Waals surface area contributed by atoms with Gasteiger partial charge in [-0.3, -0.25) is 0 Å². The van der Waals surface area contributed by atoms with Gasteiger partial charge in [0, 0.05) is 6.61 Å². The van der Waals surface area contributed by atoms with Crippen LogP contribution in [0.5, 0.6) is 0 Å². The molecule has 1 aromatic heterocycles. The van der Waals surface area contributed by atoms with Crippen molar-refractivity contribution in [1.29, 1.82) is 0 Å². The maximum absolute atomic E-state index is 5.79. The van der Waals surface area contributed by atoms with E-state index in [0.29, 0.717) is 18.0 Å². The number of nitrogen functional groups attached to an aromatic ring is 1. The predicted octanol–water partition coefficient (Wildman–Crippen LogP) is 1.35. The van der Waals surface area contributed by atoms with Crippen LogP contribution >= 0.6 is 0 Å². The monoisotopic (exact) mass is 234 g/mol. The van der Waals surface area contributed by atoms with Crippen molar-refractivity contribution in [2.75, 3.05) is 17.3 Å². The summed E-state index contributed by atoms with van der Waals surface area (Å²) in [5.74, 6) is 7.64. The largest absolute Gasteiger partial charge is 0.376 e. The molecule has 5 nitrogen and oxygen atoms in total. The Balaban J connectivity index is 1.68. The van der Waals surface area contributed by atoms with Gasteiger partial charge in [0.1, 0.15) is 11.6 Å². The van der Waals surface area contributed by atoms with Crippen molar-refractivity contribution in [3.05, 3.63) is 18.2 Å². The highest BCUT2D eigenvalue weighted by Gasteiger charge is 2.40. The Hall–Kier alpha value is -1.33.